The maximum absolute atomic E-state index is 10.7. The molecule has 0 amide bonds. The Morgan fingerprint density at radius 2 is 2.25 bits per heavy atom. The molecule has 0 aliphatic heterocycles. The van der Waals surface area contributed by atoms with Crippen molar-refractivity contribution in [2.45, 2.75) is 12.8 Å². The average molecular weight is 218 g/mol. The molecule has 0 atom stereocenters. The largest absolute Gasteiger partial charge is 0.490 e. The fraction of sp³-hybridized carbons (Fsp3) is 0.308. The van der Waals surface area contributed by atoms with Gasteiger partial charge >= 0.3 is 5.97 Å². The maximum atomic E-state index is 10.7. The number of carbonyl (C=O) groups is 1. The summed E-state index contributed by atoms with van der Waals surface area (Å²) < 4.78 is 10.2. The SMILES string of the molecule is C=CC(=O)OCCOC1=C/CC#CC/C=C\1. The fourth-order valence-electron chi connectivity index (χ4n) is 1.07. The zero-order valence-electron chi connectivity index (χ0n) is 9.07. The first-order valence-corrected chi connectivity index (χ1v) is 5.07. The van der Waals surface area contributed by atoms with Gasteiger partial charge < -0.3 is 9.47 Å². The third-order valence-electron chi connectivity index (χ3n) is 1.80. The Bertz CT molecular complexity index is 366. The number of hydrogen-bond acceptors (Lipinski definition) is 3. The van der Waals surface area contributed by atoms with Gasteiger partial charge in [0.1, 0.15) is 19.0 Å². The van der Waals surface area contributed by atoms with Crippen LogP contribution in [0.5, 0.6) is 0 Å². The molecule has 3 heteroatoms. The summed E-state index contributed by atoms with van der Waals surface area (Å²) >= 11 is 0. The summed E-state index contributed by atoms with van der Waals surface area (Å²) in [4.78, 5) is 10.7. The fourth-order valence-corrected chi connectivity index (χ4v) is 1.07. The summed E-state index contributed by atoms with van der Waals surface area (Å²) in [7, 11) is 0. The molecule has 0 heterocycles. The van der Waals surface area contributed by atoms with E-state index in [0.717, 1.165) is 18.3 Å². The van der Waals surface area contributed by atoms with Gasteiger partial charge in [-0.2, -0.15) is 0 Å². The minimum absolute atomic E-state index is 0.224. The minimum atomic E-state index is -0.434. The van der Waals surface area contributed by atoms with E-state index in [0.29, 0.717) is 13.0 Å². The molecule has 16 heavy (non-hydrogen) atoms. The lowest BCUT2D eigenvalue weighted by Gasteiger charge is -2.07. The number of hydrogen-bond donors (Lipinski definition) is 0. The number of carbonyl (C=O) groups excluding carboxylic acids is 1. The molecule has 3 nitrogen and oxygen atoms in total. The Balaban J connectivity index is 2.24. The molecule has 0 aromatic rings. The molecular formula is C13H14O3. The van der Waals surface area contributed by atoms with Crippen molar-refractivity contribution < 1.29 is 14.3 Å². The maximum Gasteiger partial charge on any atom is 0.330 e. The van der Waals surface area contributed by atoms with Crippen LogP contribution < -0.4 is 0 Å². The standard InChI is InChI=1S/C13H14O3/c1-2-13(14)16-11-10-15-12-8-6-4-3-5-7-9-12/h2,6,8-9H,1,4,7,10-11H2/b8-6-,12-9+. The van der Waals surface area contributed by atoms with Gasteiger partial charge in [-0.1, -0.05) is 24.5 Å². The van der Waals surface area contributed by atoms with Crippen molar-refractivity contribution in [2.75, 3.05) is 13.2 Å². The highest BCUT2D eigenvalue weighted by atomic mass is 16.6. The van der Waals surface area contributed by atoms with Gasteiger partial charge in [-0.15, -0.1) is 0 Å². The third kappa shape index (κ3) is 5.06. The van der Waals surface area contributed by atoms with Crippen molar-refractivity contribution in [1.82, 2.24) is 0 Å². The molecule has 0 saturated heterocycles. The van der Waals surface area contributed by atoms with Gasteiger partial charge in [0.05, 0.1) is 0 Å². The first-order valence-electron chi connectivity index (χ1n) is 5.07. The van der Waals surface area contributed by atoms with Gasteiger partial charge in [0.15, 0.2) is 0 Å². The van der Waals surface area contributed by atoms with Crippen molar-refractivity contribution in [3.8, 4) is 11.8 Å². The zero-order valence-corrected chi connectivity index (χ0v) is 9.07. The molecule has 1 aliphatic rings. The average Bonchev–Trinajstić information content (AvgIpc) is 2.26. The topological polar surface area (TPSA) is 35.5 Å². The van der Waals surface area contributed by atoms with Crippen LogP contribution in [0.3, 0.4) is 0 Å². The molecule has 0 aromatic heterocycles. The van der Waals surface area contributed by atoms with Gasteiger partial charge in [-0.25, -0.2) is 4.79 Å². The summed E-state index contributed by atoms with van der Waals surface area (Å²) in [6.07, 6.45) is 8.28. The van der Waals surface area contributed by atoms with Crippen LogP contribution in [0.2, 0.25) is 0 Å². The van der Waals surface area contributed by atoms with Crippen LogP contribution in [0.25, 0.3) is 0 Å². The lowest BCUT2D eigenvalue weighted by molar-refractivity contribution is -0.138. The zero-order chi connectivity index (χ0) is 11.6. The molecule has 84 valence electrons. The molecule has 0 radical (unpaired) electrons. The van der Waals surface area contributed by atoms with E-state index in [1.807, 2.05) is 18.2 Å². The quantitative estimate of drug-likeness (QED) is 0.306. The van der Waals surface area contributed by atoms with E-state index in [1.54, 1.807) is 0 Å². The molecule has 0 aromatic carbocycles. The van der Waals surface area contributed by atoms with Gasteiger partial charge in [0.25, 0.3) is 0 Å². The molecule has 1 rings (SSSR count). The van der Waals surface area contributed by atoms with Crippen molar-refractivity contribution in [2.24, 2.45) is 0 Å². The van der Waals surface area contributed by atoms with Crippen LogP contribution in [0, 0.1) is 11.8 Å². The van der Waals surface area contributed by atoms with Crippen molar-refractivity contribution >= 4 is 5.97 Å². The van der Waals surface area contributed by atoms with Gasteiger partial charge in [0, 0.05) is 18.9 Å². The predicted octanol–water partition coefficient (Wildman–Crippen LogP) is 1.97. The second kappa shape index (κ2) is 7.36. The highest BCUT2D eigenvalue weighted by molar-refractivity contribution is 5.81. The van der Waals surface area contributed by atoms with Crippen LogP contribution in [-0.2, 0) is 14.3 Å². The summed E-state index contributed by atoms with van der Waals surface area (Å²) in [5.74, 6) is 6.29. The minimum Gasteiger partial charge on any atom is -0.490 e. The number of esters is 1. The highest BCUT2D eigenvalue weighted by Gasteiger charge is 1.97. The number of rotatable bonds is 5. The van der Waals surface area contributed by atoms with Crippen LogP contribution in [0.4, 0.5) is 0 Å². The van der Waals surface area contributed by atoms with E-state index >= 15 is 0 Å². The molecule has 1 aliphatic carbocycles. The van der Waals surface area contributed by atoms with E-state index in [1.165, 1.54) is 0 Å². The molecule has 0 spiro atoms. The predicted molar refractivity (Wildman–Crippen MR) is 61.3 cm³/mol. The first-order chi connectivity index (χ1) is 7.83. The van der Waals surface area contributed by atoms with Crippen LogP contribution in [0.1, 0.15) is 12.8 Å². The molecular weight excluding hydrogens is 204 g/mol. The third-order valence-corrected chi connectivity index (χ3v) is 1.80. The second-order valence-electron chi connectivity index (χ2n) is 2.99. The molecule has 0 saturated carbocycles. The molecule has 0 unspecified atom stereocenters. The summed E-state index contributed by atoms with van der Waals surface area (Å²) in [6, 6.07) is 0. The first kappa shape index (κ1) is 12.1. The normalized spacial score (nSPS) is 18.9. The van der Waals surface area contributed by atoms with Crippen LogP contribution in [-0.4, -0.2) is 19.2 Å². The van der Waals surface area contributed by atoms with Crippen LogP contribution >= 0.6 is 0 Å². The second-order valence-corrected chi connectivity index (χ2v) is 2.99. The van der Waals surface area contributed by atoms with Crippen LogP contribution in [0.15, 0.2) is 36.6 Å². The van der Waals surface area contributed by atoms with Gasteiger partial charge in [0.2, 0.25) is 0 Å². The lowest BCUT2D eigenvalue weighted by atomic mass is 10.2. The summed E-state index contributed by atoms with van der Waals surface area (Å²) in [5.41, 5.74) is 0. The van der Waals surface area contributed by atoms with E-state index < -0.39 is 5.97 Å². The molecule has 0 N–H and O–H groups in total. The van der Waals surface area contributed by atoms with E-state index in [4.69, 9.17) is 9.47 Å². The summed E-state index contributed by atoms with van der Waals surface area (Å²) in [6.45, 7) is 3.86. The van der Waals surface area contributed by atoms with Crippen molar-refractivity contribution in [3.05, 3.63) is 36.6 Å². The van der Waals surface area contributed by atoms with Gasteiger partial charge in [-0.3, -0.25) is 0 Å². The number of ether oxygens (including phenoxy) is 2. The van der Waals surface area contributed by atoms with Crippen molar-refractivity contribution in [3.63, 3.8) is 0 Å². The Hall–Kier alpha value is -1.95. The van der Waals surface area contributed by atoms with E-state index in [-0.39, 0.29) is 6.61 Å². The van der Waals surface area contributed by atoms with E-state index in [2.05, 4.69) is 18.4 Å². The van der Waals surface area contributed by atoms with Crippen molar-refractivity contribution in [1.29, 1.82) is 0 Å². The monoisotopic (exact) mass is 218 g/mol. The smallest absolute Gasteiger partial charge is 0.330 e. The Kier molecular flexibility index (Phi) is 5.57. The number of allylic oxidation sites excluding steroid dienone is 3. The van der Waals surface area contributed by atoms with E-state index in [9.17, 15) is 4.79 Å². The molecule has 0 fully saturated rings. The molecule has 0 bridgehead atoms. The lowest BCUT2D eigenvalue weighted by Crippen LogP contribution is -2.07. The Morgan fingerprint density at radius 1 is 1.44 bits per heavy atom. The Labute approximate surface area is 95.4 Å². The Morgan fingerprint density at radius 3 is 3.06 bits per heavy atom. The summed E-state index contributed by atoms with van der Waals surface area (Å²) in [5, 5.41) is 0. The van der Waals surface area contributed by atoms with Gasteiger partial charge in [-0.05, 0) is 12.2 Å². The highest BCUT2D eigenvalue weighted by Crippen LogP contribution is 2.04.